The van der Waals surface area contributed by atoms with Gasteiger partial charge in [0.1, 0.15) is 0 Å². The van der Waals surface area contributed by atoms with E-state index in [2.05, 4.69) is 4.72 Å². The summed E-state index contributed by atoms with van der Waals surface area (Å²) in [6.07, 6.45) is 2.28. The highest BCUT2D eigenvalue weighted by Crippen LogP contribution is 2.18. The molecule has 0 aromatic heterocycles. The Balaban J connectivity index is 2.23. The summed E-state index contributed by atoms with van der Waals surface area (Å²) in [4.78, 5) is 21.3. The minimum atomic E-state index is -3.89. The van der Waals surface area contributed by atoms with Gasteiger partial charge in [0, 0.05) is 11.8 Å². The summed E-state index contributed by atoms with van der Waals surface area (Å²) >= 11 is 0. The number of carbonyl (C=O) groups is 2. The highest BCUT2D eigenvalue weighted by Gasteiger charge is 2.14. The zero-order valence-electron chi connectivity index (χ0n) is 12.2. The van der Waals surface area contributed by atoms with E-state index in [1.807, 2.05) is 0 Å². The van der Waals surface area contributed by atoms with Crippen LogP contribution in [0.5, 0.6) is 0 Å². The summed E-state index contributed by atoms with van der Waals surface area (Å²) in [6.45, 7) is 0. The van der Waals surface area contributed by atoms with Crippen LogP contribution in [0.4, 0.5) is 5.69 Å². The SMILES string of the molecule is O=C(O)C=Cc1ccc(S(=O)(=O)Nc2cccc(C(=O)O)c2)cc1. The highest BCUT2D eigenvalue weighted by atomic mass is 32.2. The van der Waals surface area contributed by atoms with Crippen LogP contribution in [-0.4, -0.2) is 30.6 Å². The molecule has 0 saturated carbocycles. The second kappa shape index (κ2) is 6.97. The lowest BCUT2D eigenvalue weighted by atomic mass is 10.2. The molecule has 2 rings (SSSR count). The smallest absolute Gasteiger partial charge is 0.335 e. The van der Waals surface area contributed by atoms with Crippen molar-refractivity contribution in [3.63, 3.8) is 0 Å². The fraction of sp³-hybridized carbons (Fsp3) is 0. The molecule has 0 aliphatic carbocycles. The van der Waals surface area contributed by atoms with Gasteiger partial charge in [0.25, 0.3) is 10.0 Å². The molecule has 0 amide bonds. The quantitative estimate of drug-likeness (QED) is 0.689. The van der Waals surface area contributed by atoms with Crippen LogP contribution in [0, 0.1) is 0 Å². The van der Waals surface area contributed by atoms with Crippen molar-refractivity contribution in [3.8, 4) is 0 Å². The molecule has 2 aromatic carbocycles. The second-order valence-corrected chi connectivity index (χ2v) is 6.41. The van der Waals surface area contributed by atoms with Crippen LogP contribution >= 0.6 is 0 Å². The molecular formula is C16H13NO6S. The first kappa shape index (κ1) is 17.2. The topological polar surface area (TPSA) is 121 Å². The summed E-state index contributed by atoms with van der Waals surface area (Å²) in [6, 6.07) is 11.0. The first-order chi connectivity index (χ1) is 11.3. The number of rotatable bonds is 6. The summed E-state index contributed by atoms with van der Waals surface area (Å²) in [7, 11) is -3.89. The van der Waals surface area contributed by atoms with E-state index in [4.69, 9.17) is 10.2 Å². The Bertz CT molecular complexity index is 900. The molecule has 0 spiro atoms. The Labute approximate surface area is 137 Å². The molecule has 7 nitrogen and oxygen atoms in total. The van der Waals surface area contributed by atoms with Gasteiger partial charge < -0.3 is 10.2 Å². The zero-order valence-corrected chi connectivity index (χ0v) is 13.0. The maximum Gasteiger partial charge on any atom is 0.335 e. The molecule has 0 heterocycles. The van der Waals surface area contributed by atoms with E-state index >= 15 is 0 Å². The highest BCUT2D eigenvalue weighted by molar-refractivity contribution is 7.92. The molecule has 0 unspecified atom stereocenters. The van der Waals surface area contributed by atoms with Crippen molar-refractivity contribution >= 4 is 33.7 Å². The number of aromatic carboxylic acids is 1. The number of hydrogen-bond donors (Lipinski definition) is 3. The van der Waals surface area contributed by atoms with Crippen LogP contribution in [0.25, 0.3) is 6.08 Å². The van der Waals surface area contributed by atoms with Crippen LogP contribution in [0.1, 0.15) is 15.9 Å². The molecular weight excluding hydrogens is 334 g/mol. The molecule has 0 aliphatic heterocycles. The van der Waals surface area contributed by atoms with E-state index < -0.39 is 22.0 Å². The minimum absolute atomic E-state index is 0.0318. The van der Waals surface area contributed by atoms with Gasteiger partial charge in [0.05, 0.1) is 10.5 Å². The van der Waals surface area contributed by atoms with Crippen LogP contribution in [0.2, 0.25) is 0 Å². The Morgan fingerprint density at radius 1 is 1.00 bits per heavy atom. The minimum Gasteiger partial charge on any atom is -0.478 e. The van der Waals surface area contributed by atoms with Crippen LogP contribution < -0.4 is 4.72 Å². The number of carboxylic acid groups (broad SMARTS) is 2. The molecule has 3 N–H and O–H groups in total. The number of benzene rings is 2. The fourth-order valence-electron chi connectivity index (χ4n) is 1.86. The van der Waals surface area contributed by atoms with Gasteiger partial charge in [0.15, 0.2) is 0 Å². The van der Waals surface area contributed by atoms with Crippen LogP contribution in [0.15, 0.2) is 59.5 Å². The lowest BCUT2D eigenvalue weighted by molar-refractivity contribution is -0.131. The van der Waals surface area contributed by atoms with Crippen molar-refractivity contribution in [2.45, 2.75) is 4.90 Å². The van der Waals surface area contributed by atoms with Crippen molar-refractivity contribution < 1.29 is 28.2 Å². The molecule has 0 aliphatic rings. The van der Waals surface area contributed by atoms with Crippen molar-refractivity contribution in [1.29, 1.82) is 0 Å². The molecule has 0 fully saturated rings. The predicted octanol–water partition coefficient (Wildman–Crippen LogP) is 2.28. The lowest BCUT2D eigenvalue weighted by Crippen LogP contribution is -2.13. The molecule has 0 saturated heterocycles. The average Bonchev–Trinajstić information content (AvgIpc) is 2.53. The third-order valence-electron chi connectivity index (χ3n) is 2.97. The van der Waals surface area contributed by atoms with Crippen LogP contribution in [-0.2, 0) is 14.8 Å². The van der Waals surface area contributed by atoms with Crippen molar-refractivity contribution in [3.05, 3.63) is 65.7 Å². The molecule has 24 heavy (non-hydrogen) atoms. The summed E-state index contributed by atoms with van der Waals surface area (Å²) in [5.74, 6) is -2.27. The maximum atomic E-state index is 12.3. The molecule has 0 atom stereocenters. The van der Waals surface area contributed by atoms with Gasteiger partial charge in [-0.3, -0.25) is 4.72 Å². The first-order valence-corrected chi connectivity index (χ1v) is 8.13. The molecule has 0 radical (unpaired) electrons. The van der Waals surface area contributed by atoms with E-state index in [-0.39, 0.29) is 16.1 Å². The average molecular weight is 347 g/mol. The van der Waals surface area contributed by atoms with E-state index in [9.17, 15) is 18.0 Å². The lowest BCUT2D eigenvalue weighted by Gasteiger charge is -2.09. The maximum absolute atomic E-state index is 12.3. The summed E-state index contributed by atoms with van der Waals surface area (Å²) < 4.78 is 26.9. The van der Waals surface area contributed by atoms with Gasteiger partial charge in [-0.15, -0.1) is 0 Å². The third-order valence-corrected chi connectivity index (χ3v) is 4.37. The van der Waals surface area contributed by atoms with E-state index in [1.165, 1.54) is 54.6 Å². The van der Waals surface area contributed by atoms with Crippen molar-refractivity contribution in [2.75, 3.05) is 4.72 Å². The van der Waals surface area contributed by atoms with E-state index in [0.717, 1.165) is 6.08 Å². The molecule has 0 bridgehead atoms. The Morgan fingerprint density at radius 2 is 1.67 bits per heavy atom. The summed E-state index contributed by atoms with van der Waals surface area (Å²) in [5, 5.41) is 17.5. The Kier molecular flexibility index (Phi) is 5.00. The zero-order chi connectivity index (χ0) is 17.7. The van der Waals surface area contributed by atoms with E-state index in [0.29, 0.717) is 5.56 Å². The van der Waals surface area contributed by atoms with Gasteiger partial charge in [-0.1, -0.05) is 18.2 Å². The monoisotopic (exact) mass is 347 g/mol. The largest absolute Gasteiger partial charge is 0.478 e. The van der Waals surface area contributed by atoms with Crippen LogP contribution in [0.3, 0.4) is 0 Å². The van der Waals surface area contributed by atoms with Gasteiger partial charge in [0.2, 0.25) is 0 Å². The summed E-state index contributed by atoms with van der Waals surface area (Å²) in [5.41, 5.74) is 0.623. The number of carboxylic acids is 2. The van der Waals surface area contributed by atoms with Gasteiger partial charge >= 0.3 is 11.9 Å². The number of hydrogen-bond acceptors (Lipinski definition) is 4. The predicted molar refractivity (Wildman–Crippen MR) is 87.3 cm³/mol. The Morgan fingerprint density at radius 3 is 2.25 bits per heavy atom. The standard InChI is InChI=1S/C16H13NO6S/c18-15(19)9-6-11-4-7-14(8-5-11)24(22,23)17-13-3-1-2-12(10-13)16(20)21/h1-10,17H,(H,18,19)(H,20,21). The third kappa shape index (κ3) is 4.43. The molecule has 124 valence electrons. The van der Waals surface area contributed by atoms with Crippen molar-refractivity contribution in [2.24, 2.45) is 0 Å². The number of aliphatic carboxylic acids is 1. The molecule has 2 aromatic rings. The van der Waals surface area contributed by atoms with E-state index in [1.54, 1.807) is 0 Å². The number of nitrogens with one attached hydrogen (secondary N) is 1. The van der Waals surface area contributed by atoms with Crippen molar-refractivity contribution in [1.82, 2.24) is 0 Å². The van der Waals surface area contributed by atoms with Gasteiger partial charge in [-0.2, -0.15) is 0 Å². The Hall–Kier alpha value is -3.13. The normalized spacial score (nSPS) is 11.3. The first-order valence-electron chi connectivity index (χ1n) is 6.65. The van der Waals surface area contributed by atoms with Gasteiger partial charge in [-0.05, 0) is 42.0 Å². The number of anilines is 1. The van der Waals surface area contributed by atoms with Gasteiger partial charge in [-0.25, -0.2) is 18.0 Å². The molecule has 8 heteroatoms. The second-order valence-electron chi connectivity index (χ2n) is 4.73. The fourth-order valence-corrected chi connectivity index (χ4v) is 2.90. The number of sulfonamides is 1.